The van der Waals surface area contributed by atoms with Crippen molar-refractivity contribution in [2.75, 3.05) is 24.5 Å². The first-order chi connectivity index (χ1) is 13.8. The minimum atomic E-state index is -0.149. The van der Waals surface area contributed by atoms with Gasteiger partial charge in [-0.2, -0.15) is 0 Å². The molecule has 0 unspecified atom stereocenters. The van der Waals surface area contributed by atoms with Gasteiger partial charge in [-0.3, -0.25) is 14.8 Å². The number of anilines is 1. The normalized spacial score (nSPS) is 16.6. The Morgan fingerprint density at radius 3 is 2.86 bits per heavy atom. The van der Waals surface area contributed by atoms with Crippen molar-refractivity contribution in [2.24, 2.45) is 0 Å². The zero-order valence-electron chi connectivity index (χ0n) is 15.5. The number of amides is 1. The molecule has 0 spiro atoms. The van der Waals surface area contributed by atoms with Gasteiger partial charge in [0.15, 0.2) is 0 Å². The molecule has 1 aliphatic rings. The molecule has 28 heavy (non-hydrogen) atoms. The van der Waals surface area contributed by atoms with Gasteiger partial charge in [-0.05, 0) is 17.7 Å². The van der Waals surface area contributed by atoms with Crippen LogP contribution in [0.5, 0.6) is 0 Å². The van der Waals surface area contributed by atoms with E-state index in [1.54, 1.807) is 30.9 Å². The summed E-state index contributed by atoms with van der Waals surface area (Å²) < 4.78 is 0. The highest BCUT2D eigenvalue weighted by atomic mass is 16.1. The number of nitrogens with one attached hydrogen (secondary N) is 2. The average Bonchev–Trinajstić information content (AvgIpc) is 2.79. The van der Waals surface area contributed by atoms with Crippen molar-refractivity contribution in [1.82, 2.24) is 25.6 Å². The Kier molecular flexibility index (Phi) is 5.53. The third-order valence-corrected chi connectivity index (χ3v) is 4.76. The molecule has 0 radical (unpaired) electrons. The summed E-state index contributed by atoms with van der Waals surface area (Å²) in [7, 11) is 0. The van der Waals surface area contributed by atoms with Crippen LogP contribution < -0.4 is 15.5 Å². The number of aromatic nitrogens is 3. The fourth-order valence-electron chi connectivity index (χ4n) is 3.29. The number of nitrogens with zero attached hydrogens (tertiary/aromatic N) is 4. The fourth-order valence-corrected chi connectivity index (χ4v) is 3.29. The van der Waals surface area contributed by atoms with E-state index in [4.69, 9.17) is 0 Å². The van der Waals surface area contributed by atoms with Crippen molar-refractivity contribution >= 4 is 11.7 Å². The second-order valence-electron chi connectivity index (χ2n) is 6.65. The lowest BCUT2D eigenvalue weighted by atomic mass is 10.0. The summed E-state index contributed by atoms with van der Waals surface area (Å²) in [5.74, 6) is 0.665. The van der Waals surface area contributed by atoms with Gasteiger partial charge in [-0.1, -0.05) is 30.3 Å². The Balaban J connectivity index is 1.43. The van der Waals surface area contributed by atoms with E-state index in [9.17, 15) is 4.79 Å². The average molecular weight is 374 g/mol. The number of carbonyl (C=O) groups is 1. The maximum atomic E-state index is 12.5. The molecule has 4 rings (SSSR count). The Hall–Kier alpha value is -3.32. The number of hydrogen-bond donors (Lipinski definition) is 2. The molecule has 1 atom stereocenters. The van der Waals surface area contributed by atoms with Crippen LogP contribution in [0.1, 0.15) is 27.7 Å². The zero-order chi connectivity index (χ0) is 19.2. The van der Waals surface area contributed by atoms with Crippen LogP contribution in [0.3, 0.4) is 0 Å². The van der Waals surface area contributed by atoms with E-state index in [0.717, 1.165) is 31.1 Å². The smallest absolute Gasteiger partial charge is 0.251 e. The van der Waals surface area contributed by atoms with Crippen LogP contribution in [-0.4, -0.2) is 40.5 Å². The van der Waals surface area contributed by atoms with Crippen LogP contribution >= 0.6 is 0 Å². The molecule has 3 aromatic rings. The van der Waals surface area contributed by atoms with Gasteiger partial charge >= 0.3 is 0 Å². The molecule has 1 saturated heterocycles. The molecule has 2 N–H and O–H groups in total. The van der Waals surface area contributed by atoms with Gasteiger partial charge in [0.2, 0.25) is 0 Å². The molecule has 142 valence electrons. The summed E-state index contributed by atoms with van der Waals surface area (Å²) in [4.78, 5) is 27.4. The van der Waals surface area contributed by atoms with Crippen LogP contribution in [0, 0.1) is 0 Å². The van der Waals surface area contributed by atoms with Crippen LogP contribution in [0.15, 0.2) is 67.3 Å². The van der Waals surface area contributed by atoms with Crippen molar-refractivity contribution in [3.63, 3.8) is 0 Å². The zero-order valence-corrected chi connectivity index (χ0v) is 15.5. The molecule has 0 aliphatic carbocycles. The fraction of sp³-hybridized carbons (Fsp3) is 0.238. The summed E-state index contributed by atoms with van der Waals surface area (Å²) in [6, 6.07) is 14.2. The monoisotopic (exact) mass is 374 g/mol. The summed E-state index contributed by atoms with van der Waals surface area (Å²) in [6.07, 6.45) is 6.55. The van der Waals surface area contributed by atoms with E-state index in [1.165, 1.54) is 5.56 Å². The topological polar surface area (TPSA) is 83.0 Å². The van der Waals surface area contributed by atoms with E-state index in [0.29, 0.717) is 12.1 Å². The van der Waals surface area contributed by atoms with Gasteiger partial charge in [-0.25, -0.2) is 4.98 Å². The Bertz CT molecular complexity index is 918. The maximum absolute atomic E-state index is 12.5. The van der Waals surface area contributed by atoms with Crippen LogP contribution in [0.4, 0.5) is 5.82 Å². The summed E-state index contributed by atoms with van der Waals surface area (Å²) in [5, 5.41) is 6.43. The first kappa shape index (κ1) is 18.1. The lowest BCUT2D eigenvalue weighted by Crippen LogP contribution is -2.46. The summed E-state index contributed by atoms with van der Waals surface area (Å²) in [6.45, 7) is 2.86. The lowest BCUT2D eigenvalue weighted by molar-refractivity contribution is 0.0950. The van der Waals surface area contributed by atoms with E-state index in [-0.39, 0.29) is 11.9 Å². The van der Waals surface area contributed by atoms with Crippen molar-refractivity contribution in [3.8, 4) is 0 Å². The van der Waals surface area contributed by atoms with Gasteiger partial charge in [0, 0.05) is 49.8 Å². The largest absolute Gasteiger partial charge is 0.353 e. The summed E-state index contributed by atoms with van der Waals surface area (Å²) in [5.41, 5.74) is 2.56. The van der Waals surface area contributed by atoms with E-state index in [1.807, 2.05) is 12.1 Å². The highest BCUT2D eigenvalue weighted by molar-refractivity contribution is 5.94. The molecule has 1 amide bonds. The van der Waals surface area contributed by atoms with Crippen molar-refractivity contribution in [3.05, 3.63) is 84.1 Å². The Labute approximate surface area is 163 Å². The first-order valence-electron chi connectivity index (χ1n) is 9.32. The molecule has 2 aromatic heterocycles. The molecular formula is C21H22N6O. The van der Waals surface area contributed by atoms with Gasteiger partial charge in [0.25, 0.3) is 5.91 Å². The maximum Gasteiger partial charge on any atom is 0.251 e. The van der Waals surface area contributed by atoms with E-state index in [2.05, 4.69) is 54.8 Å². The first-order valence-corrected chi connectivity index (χ1v) is 9.32. The number of pyridine rings is 1. The highest BCUT2D eigenvalue weighted by Gasteiger charge is 2.22. The standard InChI is InChI=1S/C21H22N6O/c28-21(26-14-18-13-22-8-9-23-18)17-6-7-25-20(12-17)27-11-10-24-19(15-27)16-4-2-1-3-5-16/h1-9,12-13,19,24H,10-11,14-15H2,(H,26,28)/t19-/m0/s1. The number of hydrogen-bond acceptors (Lipinski definition) is 6. The van der Waals surface area contributed by atoms with Gasteiger partial charge in [-0.15, -0.1) is 0 Å². The predicted molar refractivity (Wildman–Crippen MR) is 107 cm³/mol. The second-order valence-corrected chi connectivity index (χ2v) is 6.65. The third-order valence-electron chi connectivity index (χ3n) is 4.76. The molecule has 0 saturated carbocycles. The number of rotatable bonds is 5. The quantitative estimate of drug-likeness (QED) is 0.710. The van der Waals surface area contributed by atoms with Crippen LogP contribution in [-0.2, 0) is 6.54 Å². The molecular weight excluding hydrogens is 352 g/mol. The molecule has 7 heteroatoms. The lowest BCUT2D eigenvalue weighted by Gasteiger charge is -2.34. The van der Waals surface area contributed by atoms with Gasteiger partial charge in [0.05, 0.1) is 18.4 Å². The molecule has 3 heterocycles. The number of benzene rings is 1. The molecule has 1 aliphatic heterocycles. The van der Waals surface area contributed by atoms with Crippen molar-refractivity contribution < 1.29 is 4.79 Å². The second kappa shape index (κ2) is 8.58. The molecule has 1 fully saturated rings. The SMILES string of the molecule is O=C(NCc1cnccn1)c1ccnc(N2CCN[C@H](c3ccccc3)C2)c1. The Morgan fingerprint density at radius 2 is 2.04 bits per heavy atom. The summed E-state index contributed by atoms with van der Waals surface area (Å²) >= 11 is 0. The van der Waals surface area contributed by atoms with Gasteiger partial charge < -0.3 is 15.5 Å². The Morgan fingerprint density at radius 1 is 1.14 bits per heavy atom. The van der Waals surface area contributed by atoms with E-state index >= 15 is 0 Å². The highest BCUT2D eigenvalue weighted by Crippen LogP contribution is 2.21. The third kappa shape index (κ3) is 4.32. The van der Waals surface area contributed by atoms with Crippen LogP contribution in [0.25, 0.3) is 0 Å². The predicted octanol–water partition coefficient (Wildman–Crippen LogP) is 1.95. The minimum absolute atomic E-state index is 0.149. The number of piperazine rings is 1. The molecule has 0 bridgehead atoms. The van der Waals surface area contributed by atoms with Gasteiger partial charge in [0.1, 0.15) is 5.82 Å². The molecule has 1 aromatic carbocycles. The van der Waals surface area contributed by atoms with Crippen molar-refractivity contribution in [1.29, 1.82) is 0 Å². The van der Waals surface area contributed by atoms with E-state index < -0.39 is 0 Å². The molecule has 7 nitrogen and oxygen atoms in total. The van der Waals surface area contributed by atoms with Crippen LogP contribution in [0.2, 0.25) is 0 Å². The minimum Gasteiger partial charge on any atom is -0.353 e. The number of carbonyl (C=O) groups excluding carboxylic acids is 1. The van der Waals surface area contributed by atoms with Crippen molar-refractivity contribution in [2.45, 2.75) is 12.6 Å².